The summed E-state index contributed by atoms with van der Waals surface area (Å²) >= 11 is 0. The van der Waals surface area contributed by atoms with Crippen molar-refractivity contribution in [2.75, 3.05) is 13.2 Å². The van der Waals surface area contributed by atoms with Gasteiger partial charge in [-0.1, -0.05) is 278 Å². The average molecular weight is 1060 g/mol. The van der Waals surface area contributed by atoms with Crippen LogP contribution in [0.15, 0.2) is 109 Å². The Hall–Kier alpha value is -3.93. The summed E-state index contributed by atoms with van der Waals surface area (Å²) in [5.74, 6) is -1.00. The first-order valence-electron chi connectivity index (χ1n) is 31.9. The van der Waals surface area contributed by atoms with Gasteiger partial charge in [0.1, 0.15) is 13.2 Å². The summed E-state index contributed by atoms with van der Waals surface area (Å²) in [4.78, 5) is 38.1. The lowest BCUT2D eigenvalue weighted by Gasteiger charge is -2.18. The molecule has 0 aliphatic carbocycles. The highest BCUT2D eigenvalue weighted by atomic mass is 16.6. The van der Waals surface area contributed by atoms with Crippen LogP contribution in [-0.4, -0.2) is 37.2 Å². The van der Waals surface area contributed by atoms with Gasteiger partial charge in [-0.05, 0) is 109 Å². The lowest BCUT2D eigenvalue weighted by Crippen LogP contribution is -2.30. The average Bonchev–Trinajstić information content (AvgIpc) is 3.42. The number of rotatable bonds is 57. The van der Waals surface area contributed by atoms with Gasteiger partial charge in [-0.15, -0.1) is 0 Å². The van der Waals surface area contributed by atoms with Crippen LogP contribution in [0.3, 0.4) is 0 Å². The molecule has 0 radical (unpaired) electrons. The number of hydrogen-bond donors (Lipinski definition) is 0. The molecule has 0 N–H and O–H groups in total. The van der Waals surface area contributed by atoms with Gasteiger partial charge >= 0.3 is 17.9 Å². The number of carbonyl (C=O) groups is 3. The van der Waals surface area contributed by atoms with Crippen molar-refractivity contribution in [3.8, 4) is 0 Å². The minimum atomic E-state index is -0.822. The van der Waals surface area contributed by atoms with Crippen LogP contribution in [0, 0.1) is 0 Å². The molecule has 1 atom stereocenters. The van der Waals surface area contributed by atoms with E-state index in [4.69, 9.17) is 14.2 Å². The zero-order valence-electron chi connectivity index (χ0n) is 49.7. The Bertz CT molecular complexity index is 1540. The van der Waals surface area contributed by atoms with E-state index in [9.17, 15) is 14.4 Å². The lowest BCUT2D eigenvalue weighted by atomic mass is 10.0. The van der Waals surface area contributed by atoms with Gasteiger partial charge in [0.25, 0.3) is 0 Å². The SMILES string of the molecule is CC/C=C\C/C=C\C/C=C\C/C=C\C/C=C\C/C=C\CCC(=O)OC(COC(=O)CCCCCCC/C=C\CCC)COC(=O)CCCCCCCCCCCCCCCCCCC/C=C\C/C=C\CCCCCCC. The van der Waals surface area contributed by atoms with E-state index in [1.165, 1.54) is 148 Å². The van der Waals surface area contributed by atoms with E-state index in [0.29, 0.717) is 19.3 Å². The van der Waals surface area contributed by atoms with Crippen LogP contribution < -0.4 is 0 Å². The molecular weight excluding hydrogens is 937 g/mol. The highest BCUT2D eigenvalue weighted by Gasteiger charge is 2.19. The van der Waals surface area contributed by atoms with Crippen LogP contribution in [0.25, 0.3) is 0 Å². The van der Waals surface area contributed by atoms with Gasteiger partial charge in [-0.3, -0.25) is 14.4 Å². The Labute approximate surface area is 470 Å². The van der Waals surface area contributed by atoms with Crippen LogP contribution in [-0.2, 0) is 28.6 Å². The first kappa shape index (κ1) is 72.1. The molecule has 0 aliphatic rings. The van der Waals surface area contributed by atoms with Gasteiger partial charge in [0.05, 0.1) is 0 Å². The van der Waals surface area contributed by atoms with Crippen molar-refractivity contribution in [2.24, 2.45) is 0 Å². The summed E-state index contributed by atoms with van der Waals surface area (Å²) in [6.07, 6.45) is 87.0. The van der Waals surface area contributed by atoms with E-state index in [1.807, 2.05) is 6.08 Å². The smallest absolute Gasteiger partial charge is 0.306 e. The number of allylic oxidation sites excluding steroid dienone is 18. The highest BCUT2D eigenvalue weighted by Crippen LogP contribution is 2.16. The molecule has 0 rings (SSSR count). The van der Waals surface area contributed by atoms with Crippen LogP contribution in [0.2, 0.25) is 0 Å². The van der Waals surface area contributed by atoms with Crippen molar-refractivity contribution >= 4 is 17.9 Å². The Morgan fingerprint density at radius 1 is 0.276 bits per heavy atom. The molecule has 0 aromatic carbocycles. The highest BCUT2D eigenvalue weighted by molar-refractivity contribution is 5.71. The molecule has 0 saturated carbocycles. The molecule has 434 valence electrons. The van der Waals surface area contributed by atoms with Crippen LogP contribution in [0.4, 0.5) is 0 Å². The normalized spacial score (nSPS) is 12.8. The summed E-state index contributed by atoms with van der Waals surface area (Å²) in [5, 5.41) is 0. The van der Waals surface area contributed by atoms with E-state index in [-0.39, 0.29) is 31.6 Å². The number of hydrogen-bond acceptors (Lipinski definition) is 6. The van der Waals surface area contributed by atoms with Crippen LogP contribution >= 0.6 is 0 Å². The van der Waals surface area contributed by atoms with E-state index in [1.54, 1.807) is 0 Å². The quantitative estimate of drug-likeness (QED) is 0.0261. The lowest BCUT2D eigenvalue weighted by molar-refractivity contribution is -0.166. The molecule has 76 heavy (non-hydrogen) atoms. The van der Waals surface area contributed by atoms with E-state index >= 15 is 0 Å². The predicted octanol–water partition coefficient (Wildman–Crippen LogP) is 21.8. The zero-order chi connectivity index (χ0) is 55.0. The fourth-order valence-electron chi connectivity index (χ4n) is 8.74. The van der Waals surface area contributed by atoms with Gasteiger partial charge in [-0.2, -0.15) is 0 Å². The third-order valence-electron chi connectivity index (χ3n) is 13.5. The van der Waals surface area contributed by atoms with Crippen LogP contribution in [0.1, 0.15) is 297 Å². The summed E-state index contributed by atoms with van der Waals surface area (Å²) in [6.45, 7) is 6.40. The molecule has 0 heterocycles. The van der Waals surface area contributed by atoms with E-state index in [0.717, 1.165) is 103 Å². The zero-order valence-corrected chi connectivity index (χ0v) is 49.7. The molecule has 0 amide bonds. The minimum Gasteiger partial charge on any atom is -0.462 e. The first-order chi connectivity index (χ1) is 37.5. The molecule has 0 bridgehead atoms. The summed E-state index contributed by atoms with van der Waals surface area (Å²) in [7, 11) is 0. The Balaban J connectivity index is 4.26. The van der Waals surface area contributed by atoms with Gasteiger partial charge in [-0.25, -0.2) is 0 Å². The molecule has 0 aromatic heterocycles. The maximum Gasteiger partial charge on any atom is 0.306 e. The first-order valence-corrected chi connectivity index (χ1v) is 31.9. The maximum atomic E-state index is 12.8. The fraction of sp³-hybridized carbons (Fsp3) is 0.700. The summed E-state index contributed by atoms with van der Waals surface area (Å²) < 4.78 is 16.8. The second-order valence-electron chi connectivity index (χ2n) is 20.9. The molecule has 6 heteroatoms. The van der Waals surface area contributed by atoms with Gasteiger partial charge in [0.15, 0.2) is 6.10 Å². The molecule has 0 spiro atoms. The largest absolute Gasteiger partial charge is 0.462 e. The van der Waals surface area contributed by atoms with E-state index in [2.05, 4.69) is 124 Å². The molecule has 0 saturated heterocycles. The van der Waals surface area contributed by atoms with Crippen molar-refractivity contribution < 1.29 is 28.6 Å². The van der Waals surface area contributed by atoms with Crippen molar-refractivity contribution in [3.63, 3.8) is 0 Å². The van der Waals surface area contributed by atoms with Gasteiger partial charge < -0.3 is 14.2 Å². The number of esters is 3. The Kier molecular flexibility index (Phi) is 60.3. The standard InChI is InChI=1S/C70H118O6/c1-4-7-10-13-16-19-22-24-26-28-30-31-32-33-34-35-36-37-38-39-41-42-44-46-48-51-54-57-60-63-69(72)75-66-67(65-74-68(71)62-59-56-53-50-21-18-15-12-9-6-3)76-70(73)64-61-58-55-52-49-47-45-43-40-29-27-25-23-20-17-14-11-8-5-2/h8,11-12,15,17,20,22,24-25,27-28,30,40,43,47,49,55,58,67H,4-7,9-10,13-14,16,18-19,21,23,26,29,31-39,41-42,44-46,48,50-54,56-57,59-66H2,1-3H3/b11-8-,15-12-,20-17-,24-22-,27-25-,30-28-,43-40-,49-47-,58-55-. The van der Waals surface area contributed by atoms with E-state index < -0.39 is 12.1 Å². The topological polar surface area (TPSA) is 78.9 Å². The maximum absolute atomic E-state index is 12.8. The third kappa shape index (κ3) is 60.9. The molecule has 0 aliphatic heterocycles. The minimum absolute atomic E-state index is 0.110. The fourth-order valence-corrected chi connectivity index (χ4v) is 8.74. The number of carbonyl (C=O) groups excluding carboxylic acids is 3. The summed E-state index contributed by atoms with van der Waals surface area (Å²) in [5.41, 5.74) is 0. The molecule has 1 unspecified atom stereocenters. The second-order valence-corrected chi connectivity index (χ2v) is 20.9. The summed E-state index contributed by atoms with van der Waals surface area (Å²) in [6, 6.07) is 0. The van der Waals surface area contributed by atoms with Crippen molar-refractivity contribution in [1.29, 1.82) is 0 Å². The van der Waals surface area contributed by atoms with Gasteiger partial charge in [0, 0.05) is 19.3 Å². The van der Waals surface area contributed by atoms with Crippen molar-refractivity contribution in [1.82, 2.24) is 0 Å². The molecule has 0 fully saturated rings. The monoisotopic (exact) mass is 1050 g/mol. The predicted molar refractivity (Wildman–Crippen MR) is 330 cm³/mol. The molecule has 6 nitrogen and oxygen atoms in total. The molecular formula is C70H118O6. The number of unbranched alkanes of at least 4 members (excludes halogenated alkanes) is 28. The Morgan fingerprint density at radius 2 is 0.566 bits per heavy atom. The van der Waals surface area contributed by atoms with Gasteiger partial charge in [0.2, 0.25) is 0 Å². The van der Waals surface area contributed by atoms with Crippen molar-refractivity contribution in [2.45, 2.75) is 303 Å². The molecule has 0 aromatic rings. The second kappa shape index (κ2) is 63.6. The Morgan fingerprint density at radius 3 is 0.921 bits per heavy atom. The number of ether oxygens (including phenoxy) is 3. The third-order valence-corrected chi connectivity index (χ3v) is 13.5. The van der Waals surface area contributed by atoms with Crippen LogP contribution in [0.5, 0.6) is 0 Å². The van der Waals surface area contributed by atoms with Crippen molar-refractivity contribution in [3.05, 3.63) is 109 Å².